The van der Waals surface area contributed by atoms with Crippen LogP contribution < -0.4 is 9.67 Å². The van der Waals surface area contributed by atoms with Gasteiger partial charge in [-0.15, -0.1) is 0 Å². The van der Waals surface area contributed by atoms with Crippen LogP contribution in [0.2, 0.25) is 0 Å². The largest absolute Gasteiger partial charge is 0.868 e. The molecule has 1 aliphatic rings. The molecule has 0 saturated heterocycles. The van der Waals surface area contributed by atoms with Gasteiger partial charge < -0.3 is 5.11 Å². The lowest BCUT2D eigenvalue weighted by Crippen LogP contribution is -2.38. The smallest absolute Gasteiger partial charge is 0.232 e. The Balaban J connectivity index is 2.56. The first-order chi connectivity index (χ1) is 6.20. The fourth-order valence-corrected chi connectivity index (χ4v) is 2.72. The van der Waals surface area contributed by atoms with Gasteiger partial charge in [-0.2, -0.15) is 4.57 Å². The first-order valence-corrected chi connectivity index (χ1v) is 5.55. The second kappa shape index (κ2) is 3.22. The third kappa shape index (κ3) is 1.41. The maximum atomic E-state index is 11.4. The van der Waals surface area contributed by atoms with Gasteiger partial charge in [0, 0.05) is 12.0 Å². The van der Waals surface area contributed by atoms with Crippen LogP contribution in [0.3, 0.4) is 0 Å². The molecule has 0 unspecified atom stereocenters. The highest BCUT2D eigenvalue weighted by Crippen LogP contribution is 2.28. The zero-order valence-electron chi connectivity index (χ0n) is 7.91. The molecule has 2 nitrogen and oxygen atoms in total. The molecule has 2 rings (SSSR count). The molecule has 0 spiro atoms. The standard InChI is InChI=1S/C10H13NOS/c1-7(2)8-3-4-9(12)10-11(8)5-6-13-10/h3-4,7H,5-6H2,1-2H3. The van der Waals surface area contributed by atoms with Crippen molar-refractivity contribution in [3.8, 4) is 5.75 Å². The SMILES string of the molecule is CC(C)c1ccc([O-])c2[n+]1CCS2. The van der Waals surface area contributed by atoms with E-state index >= 15 is 0 Å². The van der Waals surface area contributed by atoms with Gasteiger partial charge in [0.25, 0.3) is 0 Å². The van der Waals surface area contributed by atoms with E-state index in [1.807, 2.05) is 6.07 Å². The predicted octanol–water partition coefficient (Wildman–Crippen LogP) is 1.28. The van der Waals surface area contributed by atoms with Gasteiger partial charge in [0.1, 0.15) is 0 Å². The highest BCUT2D eigenvalue weighted by molar-refractivity contribution is 7.99. The van der Waals surface area contributed by atoms with E-state index in [4.69, 9.17) is 0 Å². The van der Waals surface area contributed by atoms with E-state index in [9.17, 15) is 5.11 Å². The van der Waals surface area contributed by atoms with Crippen LogP contribution in [0.5, 0.6) is 5.75 Å². The summed E-state index contributed by atoms with van der Waals surface area (Å²) in [5, 5.41) is 12.4. The van der Waals surface area contributed by atoms with Crippen molar-refractivity contribution in [1.82, 2.24) is 0 Å². The average Bonchev–Trinajstić information content (AvgIpc) is 2.53. The molecule has 2 heterocycles. The van der Waals surface area contributed by atoms with Gasteiger partial charge in [0.2, 0.25) is 5.03 Å². The van der Waals surface area contributed by atoms with E-state index in [0.29, 0.717) is 5.92 Å². The lowest BCUT2D eigenvalue weighted by atomic mass is 10.1. The van der Waals surface area contributed by atoms with Crippen LogP contribution in [-0.2, 0) is 6.54 Å². The summed E-state index contributed by atoms with van der Waals surface area (Å²) < 4.78 is 2.16. The minimum Gasteiger partial charge on any atom is -0.868 e. The Labute approximate surface area is 82.6 Å². The predicted molar refractivity (Wildman–Crippen MR) is 50.9 cm³/mol. The van der Waals surface area contributed by atoms with Crippen molar-refractivity contribution in [2.24, 2.45) is 0 Å². The summed E-state index contributed by atoms with van der Waals surface area (Å²) in [6.45, 7) is 5.32. The molecule has 1 aliphatic heterocycles. The Morgan fingerprint density at radius 2 is 2.23 bits per heavy atom. The summed E-state index contributed by atoms with van der Waals surface area (Å²) in [4.78, 5) is 0. The van der Waals surface area contributed by atoms with E-state index in [1.165, 1.54) is 5.69 Å². The number of rotatable bonds is 1. The van der Waals surface area contributed by atoms with Crippen LogP contribution in [0, 0.1) is 0 Å². The van der Waals surface area contributed by atoms with Crippen molar-refractivity contribution in [3.05, 3.63) is 17.8 Å². The van der Waals surface area contributed by atoms with E-state index < -0.39 is 0 Å². The maximum Gasteiger partial charge on any atom is 0.232 e. The molecule has 3 heteroatoms. The number of hydrogen-bond donors (Lipinski definition) is 0. The number of pyridine rings is 1. The van der Waals surface area contributed by atoms with Crippen molar-refractivity contribution >= 4 is 11.8 Å². The third-order valence-electron chi connectivity index (χ3n) is 2.32. The minimum atomic E-state index is 0.173. The first-order valence-electron chi connectivity index (χ1n) is 4.56. The maximum absolute atomic E-state index is 11.4. The first kappa shape index (κ1) is 8.88. The number of thioether (sulfide) groups is 1. The topological polar surface area (TPSA) is 26.9 Å². The Morgan fingerprint density at radius 1 is 1.46 bits per heavy atom. The summed E-state index contributed by atoms with van der Waals surface area (Å²) in [7, 11) is 0. The molecule has 1 aromatic heterocycles. The van der Waals surface area contributed by atoms with E-state index in [-0.39, 0.29) is 5.75 Å². The molecule has 0 aliphatic carbocycles. The lowest BCUT2D eigenvalue weighted by Gasteiger charge is -2.10. The molecular weight excluding hydrogens is 182 g/mol. The highest BCUT2D eigenvalue weighted by atomic mass is 32.2. The summed E-state index contributed by atoms with van der Waals surface area (Å²) in [6.07, 6.45) is 0. The van der Waals surface area contributed by atoms with Crippen molar-refractivity contribution < 1.29 is 9.67 Å². The van der Waals surface area contributed by atoms with E-state index in [2.05, 4.69) is 18.4 Å². The van der Waals surface area contributed by atoms with Crippen LogP contribution in [-0.4, -0.2) is 5.75 Å². The van der Waals surface area contributed by atoms with Gasteiger partial charge in [-0.05, 0) is 5.75 Å². The molecule has 13 heavy (non-hydrogen) atoms. The van der Waals surface area contributed by atoms with Gasteiger partial charge in [-0.3, -0.25) is 0 Å². The summed E-state index contributed by atoms with van der Waals surface area (Å²) in [5.74, 6) is 1.71. The Kier molecular flexibility index (Phi) is 2.20. The lowest BCUT2D eigenvalue weighted by molar-refractivity contribution is -0.734. The molecule has 0 fully saturated rings. The number of hydrogen-bond acceptors (Lipinski definition) is 2. The second-order valence-corrected chi connectivity index (χ2v) is 4.67. The number of nitrogens with zero attached hydrogens (tertiary/aromatic N) is 1. The van der Waals surface area contributed by atoms with Crippen molar-refractivity contribution in [2.45, 2.75) is 31.3 Å². The summed E-state index contributed by atoms with van der Waals surface area (Å²) in [6, 6.07) is 3.65. The number of aromatic nitrogens is 1. The second-order valence-electron chi connectivity index (χ2n) is 3.58. The normalized spacial score (nSPS) is 15.0. The van der Waals surface area contributed by atoms with Crippen LogP contribution in [0.1, 0.15) is 25.5 Å². The van der Waals surface area contributed by atoms with Gasteiger partial charge in [0.15, 0.2) is 12.2 Å². The Morgan fingerprint density at radius 3 is 2.92 bits per heavy atom. The molecule has 0 radical (unpaired) electrons. The molecule has 0 aromatic carbocycles. The molecule has 0 bridgehead atoms. The van der Waals surface area contributed by atoms with Crippen molar-refractivity contribution in [2.75, 3.05) is 5.75 Å². The fraction of sp³-hybridized carbons (Fsp3) is 0.500. The Hall–Kier alpha value is -0.700. The van der Waals surface area contributed by atoms with Crippen LogP contribution in [0.15, 0.2) is 17.2 Å². The van der Waals surface area contributed by atoms with E-state index in [1.54, 1.807) is 17.8 Å². The quantitative estimate of drug-likeness (QED) is 0.631. The van der Waals surface area contributed by atoms with Crippen molar-refractivity contribution in [1.29, 1.82) is 0 Å². The molecular formula is C10H13NOS. The van der Waals surface area contributed by atoms with Gasteiger partial charge in [0.05, 0.1) is 5.75 Å². The molecule has 0 saturated carbocycles. The monoisotopic (exact) mass is 195 g/mol. The Bertz CT molecular complexity index is 336. The average molecular weight is 195 g/mol. The highest BCUT2D eigenvalue weighted by Gasteiger charge is 2.25. The van der Waals surface area contributed by atoms with Crippen LogP contribution in [0.25, 0.3) is 0 Å². The van der Waals surface area contributed by atoms with Gasteiger partial charge in [-0.25, -0.2) is 0 Å². The molecule has 0 N–H and O–H groups in total. The van der Waals surface area contributed by atoms with Crippen LogP contribution in [0.4, 0.5) is 0 Å². The zero-order chi connectivity index (χ0) is 9.42. The molecule has 0 amide bonds. The summed E-state index contributed by atoms with van der Waals surface area (Å²) in [5.41, 5.74) is 1.28. The fourth-order valence-electron chi connectivity index (χ4n) is 1.69. The third-order valence-corrected chi connectivity index (χ3v) is 3.40. The van der Waals surface area contributed by atoms with Crippen molar-refractivity contribution in [3.63, 3.8) is 0 Å². The summed E-state index contributed by atoms with van der Waals surface area (Å²) >= 11 is 1.68. The molecule has 0 atom stereocenters. The molecule has 1 aromatic rings. The molecule has 70 valence electrons. The van der Waals surface area contributed by atoms with E-state index in [0.717, 1.165) is 17.3 Å². The minimum absolute atomic E-state index is 0.173. The van der Waals surface area contributed by atoms with Gasteiger partial charge >= 0.3 is 0 Å². The number of fused-ring (bicyclic) bond motifs is 1. The van der Waals surface area contributed by atoms with Crippen LogP contribution >= 0.6 is 11.8 Å². The van der Waals surface area contributed by atoms with Gasteiger partial charge in [-0.1, -0.05) is 31.7 Å². The zero-order valence-corrected chi connectivity index (χ0v) is 8.73.